The first-order valence-corrected chi connectivity index (χ1v) is 11.2. The lowest BCUT2D eigenvalue weighted by atomic mass is 10.1. The Hall–Kier alpha value is -3.79. The molecule has 1 aliphatic heterocycles. The van der Waals surface area contributed by atoms with E-state index in [0.717, 1.165) is 23.4 Å². The molecule has 2 aliphatic rings. The van der Waals surface area contributed by atoms with E-state index in [-0.39, 0.29) is 22.7 Å². The molecule has 0 saturated heterocycles. The normalized spacial score (nSPS) is 18.0. The second-order valence-corrected chi connectivity index (χ2v) is 9.06. The molecule has 1 amide bonds. The summed E-state index contributed by atoms with van der Waals surface area (Å²) in [5.41, 5.74) is 12.2. The molecular formula is C22H19N7O2S. The highest BCUT2D eigenvalue weighted by atomic mass is 32.2. The van der Waals surface area contributed by atoms with Gasteiger partial charge in [0.25, 0.3) is 11.5 Å². The Morgan fingerprint density at radius 2 is 1.97 bits per heavy atom. The van der Waals surface area contributed by atoms with E-state index in [1.165, 1.54) is 0 Å². The fourth-order valence-electron chi connectivity index (χ4n) is 3.82. The molecule has 0 spiro atoms. The fraction of sp³-hybridized carbons (Fsp3) is 0.182. The minimum atomic E-state index is -0.337. The largest absolute Gasteiger partial charge is 0.396 e. The Balaban J connectivity index is 1.31. The number of hydrazone groups is 1. The second-order valence-electron chi connectivity index (χ2n) is 7.93. The first-order valence-electron chi connectivity index (χ1n) is 10.3. The van der Waals surface area contributed by atoms with E-state index in [9.17, 15) is 9.59 Å². The second kappa shape index (κ2) is 7.13. The highest BCUT2D eigenvalue weighted by molar-refractivity contribution is 8.14. The highest BCUT2D eigenvalue weighted by Crippen LogP contribution is 2.37. The molecule has 1 fully saturated rings. The van der Waals surface area contributed by atoms with Crippen molar-refractivity contribution in [2.45, 2.75) is 18.3 Å². The zero-order valence-corrected chi connectivity index (χ0v) is 17.6. The van der Waals surface area contributed by atoms with Gasteiger partial charge in [-0.25, -0.2) is 4.98 Å². The summed E-state index contributed by atoms with van der Waals surface area (Å²) in [5, 5.41) is 8.96. The number of hydrogen-bond acceptors (Lipinski definition) is 7. The van der Waals surface area contributed by atoms with Gasteiger partial charge in [-0.2, -0.15) is 5.10 Å². The molecule has 1 atom stereocenters. The number of carbonyl (C=O) groups excluding carboxylic acids is 1. The number of aromatic amines is 2. The van der Waals surface area contributed by atoms with Gasteiger partial charge in [0.2, 0.25) is 0 Å². The van der Waals surface area contributed by atoms with Crippen molar-refractivity contribution in [3.63, 3.8) is 0 Å². The van der Waals surface area contributed by atoms with Crippen LogP contribution >= 0.6 is 11.8 Å². The minimum Gasteiger partial charge on any atom is -0.396 e. The number of amides is 1. The van der Waals surface area contributed by atoms with Crippen LogP contribution in [-0.2, 0) is 0 Å². The smallest absolute Gasteiger partial charge is 0.276 e. The van der Waals surface area contributed by atoms with Crippen molar-refractivity contribution >= 4 is 50.3 Å². The van der Waals surface area contributed by atoms with Crippen molar-refractivity contribution in [3.8, 4) is 11.4 Å². The quantitative estimate of drug-likeness (QED) is 0.327. The van der Waals surface area contributed by atoms with Gasteiger partial charge in [0.05, 0.1) is 22.4 Å². The van der Waals surface area contributed by atoms with Crippen molar-refractivity contribution in [3.05, 3.63) is 58.4 Å². The van der Waals surface area contributed by atoms with Crippen LogP contribution < -0.4 is 22.0 Å². The van der Waals surface area contributed by atoms with E-state index in [2.05, 4.69) is 30.8 Å². The number of nitrogens with two attached hydrogens (primary N) is 1. The predicted molar refractivity (Wildman–Crippen MR) is 126 cm³/mol. The number of benzene rings is 2. The molecule has 1 saturated carbocycles. The van der Waals surface area contributed by atoms with Crippen molar-refractivity contribution in [2.24, 2.45) is 11.0 Å². The third-order valence-corrected chi connectivity index (χ3v) is 6.78. The maximum absolute atomic E-state index is 12.8. The summed E-state index contributed by atoms with van der Waals surface area (Å²) < 4.78 is 0. The van der Waals surface area contributed by atoms with Crippen LogP contribution in [0.1, 0.15) is 23.2 Å². The number of para-hydroxylation sites is 2. The average molecular weight is 446 g/mol. The Bertz CT molecular complexity index is 1480. The Labute approximate surface area is 185 Å². The van der Waals surface area contributed by atoms with E-state index >= 15 is 0 Å². The molecule has 6 rings (SSSR count). The number of nitrogens with one attached hydrogen (secondary N) is 4. The molecule has 9 nitrogen and oxygen atoms in total. The SMILES string of the molecule is Nc1c(-c2nc3ccccc3[nH]c2=O)[nH]c2ccc(C(=O)NC3NN=C(C4CC4)S3)cc12. The molecule has 2 aromatic carbocycles. The van der Waals surface area contributed by atoms with Crippen LogP contribution in [0.2, 0.25) is 0 Å². The van der Waals surface area contributed by atoms with Gasteiger partial charge in [0.15, 0.2) is 11.2 Å². The lowest BCUT2D eigenvalue weighted by molar-refractivity contribution is 0.0946. The number of rotatable bonds is 4. The molecule has 160 valence electrons. The molecule has 0 bridgehead atoms. The van der Waals surface area contributed by atoms with Crippen LogP contribution in [0.4, 0.5) is 5.69 Å². The molecule has 1 unspecified atom stereocenters. The zero-order valence-electron chi connectivity index (χ0n) is 16.8. The number of carbonyl (C=O) groups is 1. The van der Waals surface area contributed by atoms with Crippen LogP contribution in [0.5, 0.6) is 0 Å². The Kier molecular flexibility index (Phi) is 4.22. The summed E-state index contributed by atoms with van der Waals surface area (Å²) in [6.07, 6.45) is 2.32. The summed E-state index contributed by atoms with van der Waals surface area (Å²) in [5.74, 6) is 0.309. The first-order chi connectivity index (χ1) is 15.6. The van der Waals surface area contributed by atoms with Crippen LogP contribution in [0.15, 0.2) is 52.4 Å². The van der Waals surface area contributed by atoms with Gasteiger partial charge in [-0.1, -0.05) is 23.9 Å². The number of hydrogen-bond donors (Lipinski definition) is 5. The standard InChI is InChI=1S/C22H19N7O2S/c23-16-12-9-11(19(30)27-22-29-28-21(32-22)10-5-6-10)7-8-13(12)24-17(16)18-20(31)26-15-4-2-1-3-14(15)25-18/h1-4,7-10,22,24,29H,5-6,23H2,(H,26,31)(H,27,30). The molecule has 4 aromatic rings. The van der Waals surface area contributed by atoms with Crippen molar-refractivity contribution in [2.75, 3.05) is 5.73 Å². The third-order valence-electron chi connectivity index (χ3n) is 5.66. The number of anilines is 1. The van der Waals surface area contributed by atoms with Crippen molar-refractivity contribution in [1.82, 2.24) is 25.7 Å². The molecule has 32 heavy (non-hydrogen) atoms. The van der Waals surface area contributed by atoms with Crippen molar-refractivity contribution in [1.29, 1.82) is 0 Å². The summed E-state index contributed by atoms with van der Waals surface area (Å²) in [6, 6.07) is 12.5. The van der Waals surface area contributed by atoms with Crippen LogP contribution in [0.3, 0.4) is 0 Å². The van der Waals surface area contributed by atoms with E-state index < -0.39 is 0 Å². The van der Waals surface area contributed by atoms with Crippen LogP contribution in [0.25, 0.3) is 33.3 Å². The fourth-order valence-corrected chi connectivity index (χ4v) is 4.86. The minimum absolute atomic E-state index is 0.208. The monoisotopic (exact) mass is 445 g/mol. The third kappa shape index (κ3) is 3.19. The maximum atomic E-state index is 12.8. The lowest BCUT2D eigenvalue weighted by Crippen LogP contribution is -2.38. The van der Waals surface area contributed by atoms with Gasteiger partial charge in [-0.15, -0.1) is 0 Å². The number of fused-ring (bicyclic) bond motifs is 2. The van der Waals surface area contributed by atoms with Crippen LogP contribution in [0, 0.1) is 5.92 Å². The first kappa shape index (κ1) is 18.9. The van der Waals surface area contributed by atoms with Gasteiger partial charge in [0.1, 0.15) is 5.04 Å². The van der Waals surface area contributed by atoms with E-state index in [4.69, 9.17) is 5.73 Å². The maximum Gasteiger partial charge on any atom is 0.276 e. The Morgan fingerprint density at radius 1 is 1.12 bits per heavy atom. The summed E-state index contributed by atoms with van der Waals surface area (Å²) >= 11 is 1.54. The number of H-pyrrole nitrogens is 2. The summed E-state index contributed by atoms with van der Waals surface area (Å²) in [6.45, 7) is 0. The van der Waals surface area contributed by atoms with Crippen molar-refractivity contribution < 1.29 is 4.79 Å². The van der Waals surface area contributed by atoms with E-state index in [0.29, 0.717) is 39.3 Å². The van der Waals surface area contributed by atoms with Gasteiger partial charge >= 0.3 is 0 Å². The molecule has 0 radical (unpaired) electrons. The van der Waals surface area contributed by atoms with E-state index in [1.807, 2.05) is 18.2 Å². The van der Waals surface area contributed by atoms with Crippen LogP contribution in [-0.4, -0.2) is 31.4 Å². The van der Waals surface area contributed by atoms with Gasteiger partial charge < -0.3 is 21.0 Å². The molecule has 10 heteroatoms. The highest BCUT2D eigenvalue weighted by Gasteiger charge is 2.33. The summed E-state index contributed by atoms with van der Waals surface area (Å²) in [4.78, 5) is 35.9. The molecule has 1 aliphatic carbocycles. The molecule has 6 N–H and O–H groups in total. The van der Waals surface area contributed by atoms with Gasteiger partial charge in [-0.3, -0.25) is 15.0 Å². The number of thioether (sulfide) groups is 1. The topological polar surface area (TPSA) is 141 Å². The number of nitrogen functional groups attached to an aromatic ring is 1. The molecule has 3 heterocycles. The van der Waals surface area contributed by atoms with Gasteiger partial charge in [0, 0.05) is 22.4 Å². The number of nitrogens with zero attached hydrogens (tertiary/aromatic N) is 2. The lowest BCUT2D eigenvalue weighted by Gasteiger charge is -2.11. The summed E-state index contributed by atoms with van der Waals surface area (Å²) in [7, 11) is 0. The van der Waals surface area contributed by atoms with Gasteiger partial charge in [-0.05, 0) is 43.2 Å². The molecule has 2 aromatic heterocycles. The Morgan fingerprint density at radius 3 is 2.81 bits per heavy atom. The zero-order chi connectivity index (χ0) is 21.8. The average Bonchev–Trinajstić information content (AvgIpc) is 3.46. The molecular weight excluding hydrogens is 426 g/mol. The number of aromatic nitrogens is 3. The van der Waals surface area contributed by atoms with E-state index in [1.54, 1.807) is 36.0 Å². The predicted octanol–water partition coefficient (Wildman–Crippen LogP) is 2.73.